The number of carbonyl (C=O) groups excluding carboxylic acids is 1. The number of anilines is 1. The molecule has 1 aliphatic heterocycles. The number of ether oxygens (including phenoxy) is 1. The van der Waals surface area contributed by atoms with Crippen LogP contribution in [-0.2, 0) is 16.6 Å². The summed E-state index contributed by atoms with van der Waals surface area (Å²) in [6, 6.07) is 8.16. The summed E-state index contributed by atoms with van der Waals surface area (Å²) in [6.45, 7) is 2.86. The van der Waals surface area contributed by atoms with Crippen LogP contribution in [0.3, 0.4) is 0 Å². The van der Waals surface area contributed by atoms with Crippen LogP contribution in [0, 0.1) is 5.82 Å². The Morgan fingerprint density at radius 3 is 2.29 bits per heavy atom. The number of alkyl halides is 3. The number of piperazine rings is 1. The molecule has 1 saturated heterocycles. The lowest BCUT2D eigenvalue weighted by Gasteiger charge is -2.36. The molecule has 0 radical (unpaired) electrons. The standard InChI is InChI=1S/C22H22BrF4N3O4S/c23-19-12-18(21(31)28-35(32,33)17-5-6-17)20(24)11-14(19)13-29-7-9-30(10-8-29)15-1-3-16(4-2-15)34-22(25,26)27/h1-4,11-12,17H,5-10,13H2,(H,28,31). The van der Waals surface area contributed by atoms with Gasteiger partial charge in [-0.05, 0) is 54.8 Å². The molecule has 0 aromatic heterocycles. The van der Waals surface area contributed by atoms with Gasteiger partial charge in [0.25, 0.3) is 5.91 Å². The Bertz CT molecular complexity index is 1200. The molecule has 1 N–H and O–H groups in total. The molecule has 7 nitrogen and oxygen atoms in total. The van der Waals surface area contributed by atoms with Crippen molar-refractivity contribution in [1.82, 2.24) is 9.62 Å². The Balaban J connectivity index is 1.34. The maximum Gasteiger partial charge on any atom is 0.573 e. The van der Waals surface area contributed by atoms with E-state index in [9.17, 15) is 30.8 Å². The molecular formula is C22H22BrF4N3O4S. The van der Waals surface area contributed by atoms with Crippen LogP contribution in [-0.4, -0.2) is 57.0 Å². The maximum absolute atomic E-state index is 14.7. The first kappa shape index (κ1) is 25.7. The number of amides is 1. The Morgan fingerprint density at radius 1 is 1.09 bits per heavy atom. The lowest BCUT2D eigenvalue weighted by Crippen LogP contribution is -2.46. The second kappa shape index (κ2) is 9.94. The summed E-state index contributed by atoms with van der Waals surface area (Å²) in [7, 11) is -3.79. The van der Waals surface area contributed by atoms with Gasteiger partial charge in [-0.15, -0.1) is 13.2 Å². The van der Waals surface area contributed by atoms with Crippen molar-refractivity contribution < 1.29 is 35.5 Å². The van der Waals surface area contributed by atoms with E-state index in [1.807, 2.05) is 9.62 Å². The Hall–Kier alpha value is -2.38. The summed E-state index contributed by atoms with van der Waals surface area (Å²) in [5.74, 6) is -2.09. The Kier molecular flexibility index (Phi) is 7.30. The Morgan fingerprint density at radius 2 is 1.71 bits per heavy atom. The first-order chi connectivity index (χ1) is 16.4. The quantitative estimate of drug-likeness (QED) is 0.499. The van der Waals surface area contributed by atoms with Gasteiger partial charge >= 0.3 is 6.36 Å². The molecule has 1 amide bonds. The number of nitrogens with one attached hydrogen (secondary N) is 1. The van der Waals surface area contributed by atoms with Crippen LogP contribution < -0.4 is 14.4 Å². The van der Waals surface area contributed by atoms with E-state index in [2.05, 4.69) is 25.6 Å². The maximum atomic E-state index is 14.7. The molecule has 0 atom stereocenters. The average molecular weight is 580 g/mol. The zero-order valence-corrected chi connectivity index (χ0v) is 20.7. The van der Waals surface area contributed by atoms with E-state index in [1.165, 1.54) is 24.3 Å². The fourth-order valence-corrected chi connectivity index (χ4v) is 5.55. The number of hydrogen-bond acceptors (Lipinski definition) is 6. The largest absolute Gasteiger partial charge is 0.573 e. The van der Waals surface area contributed by atoms with E-state index in [0.717, 1.165) is 5.69 Å². The number of halogens is 5. The van der Waals surface area contributed by atoms with Crippen molar-refractivity contribution in [1.29, 1.82) is 0 Å². The summed E-state index contributed by atoms with van der Waals surface area (Å²) < 4.78 is 81.9. The smallest absolute Gasteiger partial charge is 0.406 e. The van der Waals surface area contributed by atoms with E-state index in [4.69, 9.17) is 0 Å². The highest BCUT2D eigenvalue weighted by Crippen LogP contribution is 2.29. The van der Waals surface area contributed by atoms with E-state index >= 15 is 0 Å². The lowest BCUT2D eigenvalue weighted by molar-refractivity contribution is -0.274. The molecule has 1 aliphatic carbocycles. The normalized spacial score (nSPS) is 17.3. The summed E-state index contributed by atoms with van der Waals surface area (Å²) in [4.78, 5) is 16.4. The van der Waals surface area contributed by atoms with Gasteiger partial charge in [0.15, 0.2) is 0 Å². The van der Waals surface area contributed by atoms with Crippen LogP contribution in [0.5, 0.6) is 5.75 Å². The minimum Gasteiger partial charge on any atom is -0.406 e. The van der Waals surface area contributed by atoms with Crippen LogP contribution in [0.15, 0.2) is 40.9 Å². The van der Waals surface area contributed by atoms with Crippen LogP contribution in [0.4, 0.5) is 23.2 Å². The molecular weight excluding hydrogens is 558 g/mol. The van der Waals surface area contributed by atoms with Crippen molar-refractivity contribution in [3.8, 4) is 5.75 Å². The number of sulfonamides is 1. The Labute approximate surface area is 208 Å². The van der Waals surface area contributed by atoms with Gasteiger partial charge in [0.05, 0.1) is 10.8 Å². The van der Waals surface area contributed by atoms with Crippen molar-refractivity contribution in [2.24, 2.45) is 0 Å². The lowest BCUT2D eigenvalue weighted by atomic mass is 10.1. The van der Waals surface area contributed by atoms with Crippen molar-refractivity contribution in [2.75, 3.05) is 31.1 Å². The van der Waals surface area contributed by atoms with Gasteiger partial charge in [0.2, 0.25) is 10.0 Å². The van der Waals surface area contributed by atoms with E-state index in [0.29, 0.717) is 55.6 Å². The molecule has 1 saturated carbocycles. The topological polar surface area (TPSA) is 79.0 Å². The fourth-order valence-electron chi connectivity index (χ4n) is 3.79. The second-order valence-electron chi connectivity index (χ2n) is 8.40. The van der Waals surface area contributed by atoms with Crippen LogP contribution in [0.25, 0.3) is 0 Å². The molecule has 35 heavy (non-hydrogen) atoms. The molecule has 190 valence electrons. The zero-order valence-electron chi connectivity index (χ0n) is 18.3. The highest BCUT2D eigenvalue weighted by atomic mass is 79.9. The first-order valence-electron chi connectivity index (χ1n) is 10.8. The highest BCUT2D eigenvalue weighted by Gasteiger charge is 2.37. The van der Waals surface area contributed by atoms with Gasteiger partial charge in [0, 0.05) is 42.9 Å². The van der Waals surface area contributed by atoms with Gasteiger partial charge in [-0.2, -0.15) is 0 Å². The van der Waals surface area contributed by atoms with Crippen molar-refractivity contribution in [3.63, 3.8) is 0 Å². The monoisotopic (exact) mass is 579 g/mol. The number of rotatable bonds is 7. The molecule has 1 heterocycles. The third kappa shape index (κ3) is 6.64. The molecule has 2 aromatic carbocycles. The van der Waals surface area contributed by atoms with Gasteiger partial charge in [-0.1, -0.05) is 15.9 Å². The average Bonchev–Trinajstić information content (AvgIpc) is 3.62. The molecule has 4 rings (SSSR count). The van der Waals surface area contributed by atoms with Crippen molar-refractivity contribution in [3.05, 3.63) is 57.8 Å². The van der Waals surface area contributed by atoms with Crippen LogP contribution >= 0.6 is 15.9 Å². The number of nitrogens with zero attached hydrogens (tertiary/aromatic N) is 2. The minimum absolute atomic E-state index is 0.283. The fraction of sp³-hybridized carbons (Fsp3) is 0.409. The summed E-state index contributed by atoms with van der Waals surface area (Å²) in [5, 5.41) is -0.595. The van der Waals surface area contributed by atoms with Crippen LogP contribution in [0.1, 0.15) is 28.8 Å². The van der Waals surface area contributed by atoms with Gasteiger partial charge in [-0.25, -0.2) is 17.5 Å². The molecule has 0 spiro atoms. The predicted molar refractivity (Wildman–Crippen MR) is 124 cm³/mol. The highest BCUT2D eigenvalue weighted by molar-refractivity contribution is 9.10. The van der Waals surface area contributed by atoms with Crippen molar-refractivity contribution in [2.45, 2.75) is 31.0 Å². The van der Waals surface area contributed by atoms with E-state index < -0.39 is 33.4 Å². The number of benzene rings is 2. The molecule has 0 bridgehead atoms. The number of hydrogen-bond donors (Lipinski definition) is 1. The summed E-state index contributed by atoms with van der Waals surface area (Å²) >= 11 is 3.35. The minimum atomic E-state index is -4.74. The number of carbonyl (C=O) groups is 1. The van der Waals surface area contributed by atoms with Gasteiger partial charge in [0.1, 0.15) is 11.6 Å². The molecule has 2 aliphatic rings. The third-order valence-corrected chi connectivity index (χ3v) is 8.34. The third-order valence-electron chi connectivity index (χ3n) is 5.78. The van der Waals surface area contributed by atoms with Gasteiger partial charge in [-0.3, -0.25) is 9.69 Å². The van der Waals surface area contributed by atoms with E-state index in [1.54, 1.807) is 12.1 Å². The van der Waals surface area contributed by atoms with Crippen LogP contribution in [0.2, 0.25) is 0 Å². The SMILES string of the molecule is O=C(NS(=O)(=O)C1CC1)c1cc(Br)c(CN2CCN(c3ccc(OC(F)(F)F)cc3)CC2)cc1F. The zero-order chi connectivity index (χ0) is 25.4. The second-order valence-corrected chi connectivity index (χ2v) is 11.2. The molecule has 0 unspecified atom stereocenters. The predicted octanol–water partition coefficient (Wildman–Crippen LogP) is 4.03. The molecule has 2 aromatic rings. The summed E-state index contributed by atoms with van der Waals surface area (Å²) in [5.41, 5.74) is 1.02. The first-order valence-corrected chi connectivity index (χ1v) is 13.1. The molecule has 13 heteroatoms. The van der Waals surface area contributed by atoms with Gasteiger partial charge < -0.3 is 9.64 Å². The van der Waals surface area contributed by atoms with Crippen molar-refractivity contribution >= 4 is 37.5 Å². The molecule has 2 fully saturated rings. The summed E-state index contributed by atoms with van der Waals surface area (Å²) in [6.07, 6.45) is -3.77. The van der Waals surface area contributed by atoms with E-state index in [-0.39, 0.29) is 11.3 Å².